The lowest BCUT2D eigenvalue weighted by atomic mass is 9.70. The molecule has 3 rings (SSSR count). The van der Waals surface area contributed by atoms with E-state index in [-0.39, 0.29) is 5.41 Å². The number of nitrogens with one attached hydrogen (secondary N) is 1. The zero-order chi connectivity index (χ0) is 13.9. The summed E-state index contributed by atoms with van der Waals surface area (Å²) in [5.41, 5.74) is 6.55. The smallest absolute Gasteiger partial charge is 0.0911 e. The molecule has 0 saturated heterocycles. The van der Waals surface area contributed by atoms with Gasteiger partial charge >= 0.3 is 0 Å². The lowest BCUT2D eigenvalue weighted by Crippen LogP contribution is -2.38. The highest BCUT2D eigenvalue weighted by atomic mass is 16.5. The largest absolute Gasteiger partial charge is 0.388 e. The zero-order valence-corrected chi connectivity index (χ0v) is 12.6. The number of hydrogen-bond acceptors (Lipinski definition) is 2. The van der Waals surface area contributed by atoms with Crippen molar-refractivity contribution in [3.8, 4) is 0 Å². The summed E-state index contributed by atoms with van der Waals surface area (Å²) in [5, 5.41) is 7.48. The maximum Gasteiger partial charge on any atom is 0.0911 e. The van der Waals surface area contributed by atoms with Crippen LogP contribution in [0.25, 0.3) is 0 Å². The van der Waals surface area contributed by atoms with Gasteiger partial charge in [-0.25, -0.2) is 0 Å². The Morgan fingerprint density at radius 2 is 1.95 bits per heavy atom. The maximum atomic E-state index is 7.48. The van der Waals surface area contributed by atoms with Crippen LogP contribution >= 0.6 is 0 Å². The minimum atomic E-state index is 0.216. The molecule has 3 nitrogen and oxygen atoms in total. The van der Waals surface area contributed by atoms with Crippen molar-refractivity contribution in [1.82, 2.24) is 0 Å². The fourth-order valence-electron chi connectivity index (χ4n) is 4.61. The van der Waals surface area contributed by atoms with Crippen LogP contribution in [0.5, 0.6) is 0 Å². The van der Waals surface area contributed by atoms with Crippen molar-refractivity contribution in [2.24, 2.45) is 27.9 Å². The summed E-state index contributed by atoms with van der Waals surface area (Å²) in [5.74, 6) is 1.16. The molecule has 3 fully saturated rings. The van der Waals surface area contributed by atoms with Crippen LogP contribution in [-0.2, 0) is 4.74 Å². The van der Waals surface area contributed by atoms with Crippen LogP contribution in [0.3, 0.4) is 0 Å². The van der Waals surface area contributed by atoms with Crippen molar-refractivity contribution in [3.63, 3.8) is 0 Å². The quantitative estimate of drug-likeness (QED) is 0.591. The number of rotatable bonds is 5. The monoisotopic (exact) mass is 264 g/mol. The molecule has 0 aromatic carbocycles. The fourth-order valence-corrected chi connectivity index (χ4v) is 4.61. The maximum absolute atomic E-state index is 7.48. The lowest BCUT2D eigenvalue weighted by molar-refractivity contribution is -0.0617. The molecular weight excluding hydrogens is 236 g/mol. The minimum absolute atomic E-state index is 0.216. The van der Waals surface area contributed by atoms with E-state index >= 15 is 0 Å². The van der Waals surface area contributed by atoms with Crippen molar-refractivity contribution < 1.29 is 4.74 Å². The number of hydrogen-bond donors (Lipinski definition) is 2. The third-order valence-corrected chi connectivity index (χ3v) is 6.83. The Bertz CT molecular complexity index is 400. The van der Waals surface area contributed by atoms with Crippen LogP contribution in [0, 0.1) is 27.6 Å². The summed E-state index contributed by atoms with van der Waals surface area (Å²) >= 11 is 0. The van der Waals surface area contributed by atoms with Crippen molar-refractivity contribution >= 4 is 5.84 Å². The summed E-state index contributed by atoms with van der Waals surface area (Å²) in [6.07, 6.45) is 7.44. The van der Waals surface area contributed by atoms with Crippen LogP contribution in [0.1, 0.15) is 59.3 Å². The second kappa shape index (κ2) is 3.97. The van der Waals surface area contributed by atoms with Crippen molar-refractivity contribution in [2.45, 2.75) is 65.4 Å². The highest BCUT2D eigenvalue weighted by molar-refractivity contribution is 5.78. The summed E-state index contributed by atoms with van der Waals surface area (Å²) in [6.45, 7) is 8.10. The van der Waals surface area contributed by atoms with Gasteiger partial charge in [0.25, 0.3) is 0 Å². The molecule has 3 heteroatoms. The molecule has 0 heterocycles. The normalized spacial score (nSPS) is 41.4. The summed E-state index contributed by atoms with van der Waals surface area (Å²) in [4.78, 5) is 0. The van der Waals surface area contributed by atoms with Crippen molar-refractivity contribution in [2.75, 3.05) is 6.61 Å². The topological polar surface area (TPSA) is 59.1 Å². The van der Waals surface area contributed by atoms with Crippen LogP contribution in [-0.4, -0.2) is 18.5 Å². The first kappa shape index (κ1) is 13.4. The summed E-state index contributed by atoms with van der Waals surface area (Å²) < 4.78 is 6.35. The Balaban J connectivity index is 1.62. The molecule has 3 N–H and O–H groups in total. The molecule has 3 aliphatic carbocycles. The molecular formula is C16H28N2O. The molecule has 3 aliphatic rings. The third-order valence-electron chi connectivity index (χ3n) is 6.83. The van der Waals surface area contributed by atoms with E-state index in [0.717, 1.165) is 18.9 Å². The summed E-state index contributed by atoms with van der Waals surface area (Å²) in [7, 11) is 0. The average molecular weight is 264 g/mol. The van der Waals surface area contributed by atoms with Gasteiger partial charge in [0, 0.05) is 11.8 Å². The molecule has 0 amide bonds. The van der Waals surface area contributed by atoms with Gasteiger partial charge in [-0.3, -0.25) is 5.41 Å². The predicted molar refractivity (Wildman–Crippen MR) is 77.2 cm³/mol. The van der Waals surface area contributed by atoms with Gasteiger partial charge in [-0.05, 0) is 48.9 Å². The van der Waals surface area contributed by atoms with E-state index in [2.05, 4.69) is 20.8 Å². The Morgan fingerprint density at radius 1 is 1.26 bits per heavy atom. The Hall–Kier alpha value is -0.570. The van der Waals surface area contributed by atoms with E-state index in [0.29, 0.717) is 22.8 Å². The number of fused-ring (bicyclic) bond motifs is 2. The van der Waals surface area contributed by atoms with E-state index in [1.807, 2.05) is 0 Å². The van der Waals surface area contributed by atoms with E-state index < -0.39 is 0 Å². The first-order valence-corrected chi connectivity index (χ1v) is 7.74. The van der Waals surface area contributed by atoms with Gasteiger partial charge in [0.15, 0.2) is 0 Å². The summed E-state index contributed by atoms with van der Waals surface area (Å²) in [6, 6.07) is 0. The van der Waals surface area contributed by atoms with Gasteiger partial charge in [-0.1, -0.05) is 20.8 Å². The number of ether oxygens (including phenoxy) is 1. The van der Waals surface area contributed by atoms with E-state index in [4.69, 9.17) is 15.9 Å². The van der Waals surface area contributed by atoms with Crippen LogP contribution in [0.4, 0.5) is 0 Å². The van der Waals surface area contributed by atoms with Gasteiger partial charge in [-0.2, -0.15) is 0 Å². The van der Waals surface area contributed by atoms with Crippen LogP contribution < -0.4 is 5.73 Å². The highest BCUT2D eigenvalue weighted by Crippen LogP contribution is 2.66. The molecule has 19 heavy (non-hydrogen) atoms. The molecule has 0 spiro atoms. The molecule has 0 aromatic rings. The van der Waals surface area contributed by atoms with Gasteiger partial charge in [0.2, 0.25) is 0 Å². The Morgan fingerprint density at radius 3 is 2.37 bits per heavy atom. The lowest BCUT2D eigenvalue weighted by Gasteiger charge is -2.39. The second-order valence-corrected chi connectivity index (χ2v) is 8.11. The van der Waals surface area contributed by atoms with Crippen molar-refractivity contribution in [3.05, 3.63) is 0 Å². The van der Waals surface area contributed by atoms with Gasteiger partial charge in [0.1, 0.15) is 0 Å². The zero-order valence-electron chi connectivity index (χ0n) is 12.6. The molecule has 108 valence electrons. The van der Waals surface area contributed by atoms with Gasteiger partial charge < -0.3 is 10.5 Å². The van der Waals surface area contributed by atoms with E-state index in [1.54, 1.807) is 0 Å². The van der Waals surface area contributed by atoms with E-state index in [1.165, 1.54) is 32.1 Å². The molecule has 0 aromatic heterocycles. The molecule has 3 saturated carbocycles. The van der Waals surface area contributed by atoms with Crippen molar-refractivity contribution in [1.29, 1.82) is 5.41 Å². The minimum Gasteiger partial charge on any atom is -0.388 e. The van der Waals surface area contributed by atoms with E-state index in [9.17, 15) is 0 Å². The second-order valence-electron chi connectivity index (χ2n) is 8.11. The molecule has 0 radical (unpaired) electrons. The molecule has 3 atom stereocenters. The highest BCUT2D eigenvalue weighted by Gasteiger charge is 2.62. The molecule has 2 bridgehead atoms. The predicted octanol–water partition coefficient (Wildman–Crippen LogP) is 3.32. The Labute approximate surface area is 116 Å². The first-order chi connectivity index (χ1) is 8.79. The van der Waals surface area contributed by atoms with Crippen LogP contribution in [0.2, 0.25) is 0 Å². The van der Waals surface area contributed by atoms with Gasteiger partial charge in [-0.15, -0.1) is 0 Å². The average Bonchev–Trinajstić information content (AvgIpc) is 2.98. The SMILES string of the molecule is CC1(C)C2CCC1(C)C(OCC1(CC(=N)N)CC1)C2. The molecule has 3 unspecified atom stereocenters. The number of amidine groups is 1. The Kier molecular flexibility index (Phi) is 2.80. The van der Waals surface area contributed by atoms with Gasteiger partial charge in [0.05, 0.1) is 18.5 Å². The fraction of sp³-hybridized carbons (Fsp3) is 0.938. The first-order valence-electron chi connectivity index (χ1n) is 7.74. The molecule has 0 aliphatic heterocycles. The standard InChI is InChI=1S/C16H28N2O/c1-14(2)11-4-5-15(14,3)12(8-11)19-10-16(6-7-16)9-13(17)18/h11-12H,4-10H2,1-3H3,(H3,17,18). The third kappa shape index (κ3) is 1.93. The van der Waals surface area contributed by atoms with Crippen LogP contribution in [0.15, 0.2) is 0 Å². The number of nitrogens with two attached hydrogens (primary N) is 1.